The number of piperidine rings is 1. The van der Waals surface area contributed by atoms with Crippen molar-refractivity contribution in [2.75, 3.05) is 11.9 Å². The monoisotopic (exact) mass is 532 g/mol. The number of rotatable bonds is 11. The lowest BCUT2D eigenvalue weighted by molar-refractivity contribution is -0.138. The molecule has 0 radical (unpaired) electrons. The van der Waals surface area contributed by atoms with Crippen molar-refractivity contribution in [1.29, 1.82) is 0 Å². The summed E-state index contributed by atoms with van der Waals surface area (Å²) in [4.78, 5) is 39.1. The highest BCUT2D eigenvalue weighted by Gasteiger charge is 2.48. The largest absolute Gasteiger partial charge is 0.381 e. The van der Waals surface area contributed by atoms with Crippen LogP contribution >= 0.6 is 0 Å². The van der Waals surface area contributed by atoms with Crippen molar-refractivity contribution in [2.45, 2.75) is 69.7 Å². The van der Waals surface area contributed by atoms with Crippen molar-refractivity contribution >= 4 is 46.9 Å². The van der Waals surface area contributed by atoms with E-state index < -0.39 is 11.3 Å². The molecule has 3 N–H and O–H groups in total. The Hall–Kier alpha value is -3.11. The van der Waals surface area contributed by atoms with Gasteiger partial charge in [-0.2, -0.15) is 0 Å². The number of fused-ring (bicyclic) bond motifs is 1. The van der Waals surface area contributed by atoms with Crippen molar-refractivity contribution in [2.24, 2.45) is 0 Å². The second kappa shape index (κ2) is 12.0. The van der Waals surface area contributed by atoms with Crippen molar-refractivity contribution in [3.05, 3.63) is 64.5 Å². The molecule has 3 unspecified atom stereocenters. The molecule has 204 valence electrons. The fourth-order valence-corrected chi connectivity index (χ4v) is 5.27. The van der Waals surface area contributed by atoms with Gasteiger partial charge < -0.3 is 20.3 Å². The number of anilines is 1. The number of imide groups is 1. The lowest BCUT2D eigenvalue weighted by Crippen LogP contribution is -2.63. The standard InChI is InChI=1S/C27H36B3FN4O4/c1-15(39-16(2)12-33-26(28)29)11-17-5-3-6-18(23(17)31)13-32-21-8-4-7-19-20(21)14-35(24(19)37)27(30)10-9-22(36)34-25(27)38/h3-8,15-16,26,32-33H,9-14,28-30H2,1-2H3,(H,34,36,38). The number of carbonyl (C=O) groups is 3. The predicted molar refractivity (Wildman–Crippen MR) is 156 cm³/mol. The van der Waals surface area contributed by atoms with Crippen molar-refractivity contribution in [3.63, 3.8) is 0 Å². The van der Waals surface area contributed by atoms with Crippen LogP contribution in [-0.4, -0.2) is 76.2 Å². The summed E-state index contributed by atoms with van der Waals surface area (Å²) in [6.07, 6.45) is 0.780. The third-order valence-electron chi connectivity index (χ3n) is 7.56. The third kappa shape index (κ3) is 6.39. The highest BCUT2D eigenvalue weighted by Crippen LogP contribution is 2.36. The molecule has 0 aliphatic carbocycles. The summed E-state index contributed by atoms with van der Waals surface area (Å²) in [6.45, 7) is 5.16. The Morgan fingerprint density at radius 3 is 2.54 bits per heavy atom. The van der Waals surface area contributed by atoms with Crippen LogP contribution in [0.15, 0.2) is 36.4 Å². The minimum Gasteiger partial charge on any atom is -0.381 e. The zero-order chi connectivity index (χ0) is 28.3. The molecule has 0 bridgehead atoms. The summed E-state index contributed by atoms with van der Waals surface area (Å²) in [5, 5.41) is 9.01. The van der Waals surface area contributed by atoms with E-state index >= 15 is 4.39 Å². The number of halogens is 1. The molecule has 0 spiro atoms. The average Bonchev–Trinajstić information content (AvgIpc) is 3.23. The molecule has 4 rings (SSSR count). The van der Waals surface area contributed by atoms with Gasteiger partial charge in [0.1, 0.15) is 29.4 Å². The van der Waals surface area contributed by atoms with Gasteiger partial charge in [0, 0.05) is 54.9 Å². The smallest absolute Gasteiger partial charge is 0.254 e. The number of nitrogens with zero attached hydrogens (tertiary/aromatic N) is 1. The molecule has 3 atom stereocenters. The second-order valence-electron chi connectivity index (χ2n) is 11.1. The topological polar surface area (TPSA) is 99.8 Å². The SMILES string of the molecule is BC(B)NCC(C)OC(C)Cc1cccc(CNc2cccc3c2CN(C2(B)CCC(=O)NC2=O)C3=O)c1F. The van der Waals surface area contributed by atoms with Crippen LogP contribution in [0, 0.1) is 5.82 Å². The zero-order valence-electron chi connectivity index (χ0n) is 23.4. The Morgan fingerprint density at radius 2 is 1.82 bits per heavy atom. The molecule has 2 heterocycles. The Labute approximate surface area is 232 Å². The van der Waals surface area contributed by atoms with Crippen LogP contribution < -0.4 is 16.0 Å². The highest BCUT2D eigenvalue weighted by molar-refractivity contribution is 6.35. The number of hydrogen-bond acceptors (Lipinski definition) is 6. The molecule has 1 saturated heterocycles. The normalized spacial score (nSPS) is 20.6. The predicted octanol–water partition coefficient (Wildman–Crippen LogP) is -0.365. The summed E-state index contributed by atoms with van der Waals surface area (Å²) in [5.41, 5.74) is 1.99. The van der Waals surface area contributed by atoms with Crippen LogP contribution in [-0.2, 0) is 33.8 Å². The van der Waals surface area contributed by atoms with Gasteiger partial charge in [-0.15, -0.1) is 0 Å². The molecule has 2 aromatic carbocycles. The van der Waals surface area contributed by atoms with E-state index in [0.717, 1.165) is 12.1 Å². The van der Waals surface area contributed by atoms with Crippen LogP contribution in [0.1, 0.15) is 53.7 Å². The third-order valence-corrected chi connectivity index (χ3v) is 7.56. The quantitative estimate of drug-likeness (QED) is 0.270. The zero-order valence-corrected chi connectivity index (χ0v) is 23.4. The average molecular weight is 532 g/mol. The van der Waals surface area contributed by atoms with E-state index in [1.165, 1.54) is 4.90 Å². The van der Waals surface area contributed by atoms with Crippen molar-refractivity contribution in [1.82, 2.24) is 15.5 Å². The van der Waals surface area contributed by atoms with Gasteiger partial charge in [-0.25, -0.2) is 4.39 Å². The summed E-state index contributed by atoms with van der Waals surface area (Å²) in [5.74, 6) is -0.931. The molecule has 1 fully saturated rings. The molecule has 12 heteroatoms. The van der Waals surface area contributed by atoms with E-state index in [-0.39, 0.29) is 55.8 Å². The van der Waals surface area contributed by atoms with Gasteiger partial charge in [0.2, 0.25) is 11.8 Å². The van der Waals surface area contributed by atoms with Crippen LogP contribution in [0.4, 0.5) is 10.1 Å². The summed E-state index contributed by atoms with van der Waals surface area (Å²) >= 11 is 0. The number of carbonyl (C=O) groups excluding carboxylic acids is 3. The van der Waals surface area contributed by atoms with Gasteiger partial charge in [-0.05, 0) is 38.0 Å². The number of benzene rings is 2. The number of amides is 3. The molecule has 0 aromatic heterocycles. The summed E-state index contributed by atoms with van der Waals surface area (Å²) < 4.78 is 21.5. The van der Waals surface area contributed by atoms with Gasteiger partial charge in [0.25, 0.3) is 5.91 Å². The fourth-order valence-electron chi connectivity index (χ4n) is 5.27. The first kappa shape index (κ1) is 28.9. The Kier molecular flexibility index (Phi) is 8.86. The lowest BCUT2D eigenvalue weighted by atomic mass is 9.70. The number of ether oxygens (including phenoxy) is 1. The number of nitrogens with one attached hydrogen (secondary N) is 3. The maximum Gasteiger partial charge on any atom is 0.254 e. The summed E-state index contributed by atoms with van der Waals surface area (Å²) in [7, 11) is 5.86. The molecule has 8 nitrogen and oxygen atoms in total. The van der Waals surface area contributed by atoms with E-state index in [9.17, 15) is 14.4 Å². The van der Waals surface area contributed by atoms with Gasteiger partial charge in [-0.1, -0.05) is 30.1 Å². The first-order chi connectivity index (χ1) is 18.5. The van der Waals surface area contributed by atoms with Gasteiger partial charge >= 0.3 is 0 Å². The lowest BCUT2D eigenvalue weighted by Gasteiger charge is -2.40. The maximum absolute atomic E-state index is 15.5. The van der Waals surface area contributed by atoms with Crippen LogP contribution in [0.25, 0.3) is 0 Å². The van der Waals surface area contributed by atoms with E-state index in [1.807, 2.05) is 26.0 Å². The molecule has 3 amide bonds. The van der Waals surface area contributed by atoms with Crippen LogP contribution in [0.2, 0.25) is 0 Å². The van der Waals surface area contributed by atoms with Gasteiger partial charge in [0.15, 0.2) is 0 Å². The fraction of sp³-hybridized carbons (Fsp3) is 0.444. The minimum atomic E-state index is -1.11. The van der Waals surface area contributed by atoms with Crippen molar-refractivity contribution in [3.8, 4) is 0 Å². The molecule has 0 saturated carbocycles. The van der Waals surface area contributed by atoms with E-state index in [0.29, 0.717) is 34.6 Å². The second-order valence-corrected chi connectivity index (χ2v) is 11.1. The van der Waals surface area contributed by atoms with Crippen LogP contribution in [0.5, 0.6) is 0 Å². The first-order valence-corrected chi connectivity index (χ1v) is 13.7. The Morgan fingerprint density at radius 1 is 1.10 bits per heavy atom. The molecule has 2 aliphatic rings. The van der Waals surface area contributed by atoms with Crippen LogP contribution in [0.3, 0.4) is 0 Å². The Bertz CT molecular complexity index is 1260. The number of hydrogen-bond donors (Lipinski definition) is 3. The minimum absolute atomic E-state index is 0.0141. The first-order valence-electron chi connectivity index (χ1n) is 13.7. The Balaban J connectivity index is 1.43. The molecular weight excluding hydrogens is 496 g/mol. The van der Waals surface area contributed by atoms with E-state index in [2.05, 4.69) is 31.6 Å². The summed E-state index contributed by atoms with van der Waals surface area (Å²) in [6, 6.07) is 10.7. The van der Waals surface area contributed by atoms with Gasteiger partial charge in [0.05, 0.1) is 17.6 Å². The highest BCUT2D eigenvalue weighted by atomic mass is 19.1. The molecular formula is C27H36B3FN4O4. The van der Waals surface area contributed by atoms with Gasteiger partial charge in [-0.3, -0.25) is 19.7 Å². The van der Waals surface area contributed by atoms with E-state index in [1.54, 1.807) is 32.1 Å². The molecule has 2 aliphatic heterocycles. The van der Waals surface area contributed by atoms with E-state index in [4.69, 9.17) is 4.74 Å². The molecule has 39 heavy (non-hydrogen) atoms. The maximum atomic E-state index is 15.5. The molecule has 2 aromatic rings. The van der Waals surface area contributed by atoms with Crippen molar-refractivity contribution < 1.29 is 23.5 Å².